The molecule has 0 heterocycles. The second-order valence-electron chi connectivity index (χ2n) is 8.05. The van der Waals surface area contributed by atoms with Gasteiger partial charge in [-0.2, -0.15) is 0 Å². The van der Waals surface area contributed by atoms with Crippen LogP contribution in [0.4, 0.5) is 4.79 Å². The van der Waals surface area contributed by atoms with E-state index in [1.54, 1.807) is 0 Å². The van der Waals surface area contributed by atoms with Gasteiger partial charge in [-0.1, -0.05) is 74.4 Å². The molecule has 1 aliphatic rings. The summed E-state index contributed by atoms with van der Waals surface area (Å²) in [5.41, 5.74) is 4.61. The van der Waals surface area contributed by atoms with E-state index in [0.717, 1.165) is 35.1 Å². The van der Waals surface area contributed by atoms with E-state index in [2.05, 4.69) is 34.9 Å². The zero-order valence-electron chi connectivity index (χ0n) is 18.8. The van der Waals surface area contributed by atoms with Gasteiger partial charge in [0.25, 0.3) is 0 Å². The Morgan fingerprint density at radius 2 is 1.70 bits per heavy atom. The Kier molecular flexibility index (Phi) is 8.63. The highest BCUT2D eigenvalue weighted by molar-refractivity contribution is 5.88. The zero-order valence-corrected chi connectivity index (χ0v) is 18.8. The van der Waals surface area contributed by atoms with Crippen molar-refractivity contribution in [1.29, 1.82) is 0 Å². The second kappa shape index (κ2) is 11.9. The monoisotopic (exact) mass is 450 g/mol. The number of rotatable bonds is 11. The summed E-state index contributed by atoms with van der Waals surface area (Å²) in [6.07, 6.45) is 4.50. The van der Waals surface area contributed by atoms with Crippen LogP contribution in [0.1, 0.15) is 49.7 Å². The van der Waals surface area contributed by atoms with Crippen molar-refractivity contribution in [3.05, 3.63) is 71.8 Å². The van der Waals surface area contributed by atoms with Crippen molar-refractivity contribution in [2.45, 2.75) is 44.6 Å². The van der Waals surface area contributed by atoms with Gasteiger partial charge in [0, 0.05) is 24.6 Å². The SMILES string of the molecule is CCCCC(CC(=O)O)NC(=O)/C=C/CNC(=O)OCC1c2ccccc2-c2ccccc21. The Bertz CT molecular complexity index is 972. The number of carbonyl (C=O) groups is 3. The molecular formula is C26H30N2O5. The molecule has 0 aliphatic heterocycles. The summed E-state index contributed by atoms with van der Waals surface area (Å²) in [5.74, 6) is -1.34. The maximum absolute atomic E-state index is 12.2. The predicted molar refractivity (Wildman–Crippen MR) is 126 cm³/mol. The molecule has 0 fully saturated rings. The number of aliphatic carboxylic acids is 1. The number of alkyl carbamates (subject to hydrolysis) is 1. The van der Waals surface area contributed by atoms with Crippen LogP contribution in [-0.4, -0.2) is 42.3 Å². The van der Waals surface area contributed by atoms with Crippen LogP contribution in [0.25, 0.3) is 11.1 Å². The van der Waals surface area contributed by atoms with Gasteiger partial charge < -0.3 is 20.5 Å². The third-order valence-electron chi connectivity index (χ3n) is 5.65. The van der Waals surface area contributed by atoms with Crippen LogP contribution in [0, 0.1) is 0 Å². The van der Waals surface area contributed by atoms with E-state index in [0.29, 0.717) is 6.42 Å². The number of hydrogen-bond donors (Lipinski definition) is 3. The molecule has 1 aliphatic carbocycles. The molecule has 0 aromatic heterocycles. The van der Waals surface area contributed by atoms with E-state index < -0.39 is 18.1 Å². The zero-order chi connectivity index (χ0) is 23.6. The molecule has 174 valence electrons. The van der Waals surface area contributed by atoms with Gasteiger partial charge in [0.2, 0.25) is 5.91 Å². The highest BCUT2D eigenvalue weighted by Gasteiger charge is 2.28. The summed E-state index contributed by atoms with van der Waals surface area (Å²) in [4.78, 5) is 35.1. The molecule has 3 rings (SSSR count). The molecule has 0 radical (unpaired) electrons. The van der Waals surface area contributed by atoms with Crippen LogP contribution in [0.15, 0.2) is 60.7 Å². The lowest BCUT2D eigenvalue weighted by atomic mass is 9.98. The molecule has 1 atom stereocenters. The molecule has 2 amide bonds. The Morgan fingerprint density at radius 3 is 2.30 bits per heavy atom. The molecular weight excluding hydrogens is 420 g/mol. The molecule has 0 bridgehead atoms. The van der Waals surface area contributed by atoms with Crippen molar-refractivity contribution in [3.8, 4) is 11.1 Å². The third kappa shape index (κ3) is 6.68. The Hall–Kier alpha value is -3.61. The average Bonchev–Trinajstić information content (AvgIpc) is 3.12. The smallest absolute Gasteiger partial charge is 0.407 e. The standard InChI is InChI=1S/C26H30N2O5/c1-2-3-9-18(16-25(30)31)28-24(29)14-8-15-27-26(32)33-17-23-21-12-6-4-10-19(21)20-11-5-7-13-22(20)23/h4-8,10-14,18,23H,2-3,9,15-17H2,1H3,(H,27,32)(H,28,29)(H,30,31)/b14-8+. The molecule has 2 aromatic carbocycles. The third-order valence-corrected chi connectivity index (χ3v) is 5.65. The lowest BCUT2D eigenvalue weighted by Gasteiger charge is -2.15. The number of benzene rings is 2. The van der Waals surface area contributed by atoms with Crippen LogP contribution in [0.5, 0.6) is 0 Å². The largest absolute Gasteiger partial charge is 0.481 e. The lowest BCUT2D eigenvalue weighted by molar-refractivity contribution is -0.137. The minimum Gasteiger partial charge on any atom is -0.481 e. The molecule has 0 spiro atoms. The van der Waals surface area contributed by atoms with E-state index >= 15 is 0 Å². The number of amides is 2. The summed E-state index contributed by atoms with van der Waals surface area (Å²) >= 11 is 0. The fourth-order valence-corrected chi connectivity index (χ4v) is 4.09. The number of nitrogens with one attached hydrogen (secondary N) is 2. The lowest BCUT2D eigenvalue weighted by Crippen LogP contribution is -2.35. The maximum atomic E-state index is 12.2. The molecule has 1 unspecified atom stereocenters. The van der Waals surface area contributed by atoms with Crippen molar-refractivity contribution in [3.63, 3.8) is 0 Å². The highest BCUT2D eigenvalue weighted by Crippen LogP contribution is 2.44. The molecule has 33 heavy (non-hydrogen) atoms. The van der Waals surface area contributed by atoms with Crippen LogP contribution in [0.2, 0.25) is 0 Å². The summed E-state index contributed by atoms with van der Waals surface area (Å²) in [6, 6.07) is 15.8. The maximum Gasteiger partial charge on any atom is 0.407 e. The van der Waals surface area contributed by atoms with Crippen LogP contribution < -0.4 is 10.6 Å². The van der Waals surface area contributed by atoms with Crippen molar-refractivity contribution in [2.75, 3.05) is 13.2 Å². The number of carbonyl (C=O) groups excluding carboxylic acids is 2. The summed E-state index contributed by atoms with van der Waals surface area (Å²) < 4.78 is 5.45. The fourth-order valence-electron chi connectivity index (χ4n) is 4.09. The quantitative estimate of drug-likeness (QED) is 0.445. The van der Waals surface area contributed by atoms with Gasteiger partial charge in [0.1, 0.15) is 6.61 Å². The molecule has 0 saturated heterocycles. The van der Waals surface area contributed by atoms with E-state index in [1.807, 2.05) is 31.2 Å². The topological polar surface area (TPSA) is 105 Å². The predicted octanol–water partition coefficient (Wildman–Crippen LogP) is 4.23. The van der Waals surface area contributed by atoms with Crippen molar-refractivity contribution >= 4 is 18.0 Å². The second-order valence-corrected chi connectivity index (χ2v) is 8.05. The Morgan fingerprint density at radius 1 is 1.06 bits per heavy atom. The molecule has 7 heteroatoms. The first-order valence-electron chi connectivity index (χ1n) is 11.3. The van der Waals surface area contributed by atoms with E-state index in [-0.39, 0.29) is 31.4 Å². The first-order valence-corrected chi connectivity index (χ1v) is 11.3. The summed E-state index contributed by atoms with van der Waals surface area (Å²) in [6.45, 7) is 2.36. The molecule has 2 aromatic rings. The van der Waals surface area contributed by atoms with Crippen molar-refractivity contribution in [2.24, 2.45) is 0 Å². The van der Waals surface area contributed by atoms with Crippen molar-refractivity contribution in [1.82, 2.24) is 10.6 Å². The Balaban J connectivity index is 1.45. The minimum absolute atomic E-state index is 0.0150. The van der Waals surface area contributed by atoms with E-state index in [4.69, 9.17) is 9.84 Å². The first kappa shape index (κ1) is 24.0. The number of ether oxygens (including phenoxy) is 1. The van der Waals surface area contributed by atoms with Gasteiger partial charge in [-0.15, -0.1) is 0 Å². The van der Waals surface area contributed by atoms with Crippen molar-refractivity contribution < 1.29 is 24.2 Å². The first-order chi connectivity index (χ1) is 16.0. The van der Waals surface area contributed by atoms with E-state index in [1.165, 1.54) is 12.2 Å². The van der Waals surface area contributed by atoms with Gasteiger partial charge >= 0.3 is 12.1 Å². The molecule has 7 nitrogen and oxygen atoms in total. The number of carboxylic acid groups (broad SMARTS) is 1. The number of hydrogen-bond acceptors (Lipinski definition) is 4. The fraction of sp³-hybridized carbons (Fsp3) is 0.346. The van der Waals surface area contributed by atoms with Gasteiger partial charge in [-0.05, 0) is 28.7 Å². The van der Waals surface area contributed by atoms with Crippen LogP contribution in [-0.2, 0) is 14.3 Å². The van der Waals surface area contributed by atoms with Crippen LogP contribution in [0.3, 0.4) is 0 Å². The summed E-state index contributed by atoms with van der Waals surface area (Å²) in [5, 5.41) is 14.3. The average molecular weight is 451 g/mol. The number of unbranched alkanes of at least 4 members (excludes halogenated alkanes) is 1. The van der Waals surface area contributed by atoms with Crippen LogP contribution >= 0.6 is 0 Å². The van der Waals surface area contributed by atoms with E-state index in [9.17, 15) is 14.4 Å². The molecule has 3 N–H and O–H groups in total. The minimum atomic E-state index is -0.947. The normalized spacial score (nSPS) is 13.2. The molecule has 0 saturated carbocycles. The number of fused-ring (bicyclic) bond motifs is 3. The van der Waals surface area contributed by atoms with Gasteiger partial charge in [0.05, 0.1) is 6.42 Å². The highest BCUT2D eigenvalue weighted by atomic mass is 16.5. The number of carboxylic acids is 1. The Labute approximate surface area is 193 Å². The summed E-state index contributed by atoms with van der Waals surface area (Å²) in [7, 11) is 0. The van der Waals surface area contributed by atoms with Gasteiger partial charge in [0.15, 0.2) is 0 Å². The van der Waals surface area contributed by atoms with Gasteiger partial charge in [-0.3, -0.25) is 9.59 Å². The van der Waals surface area contributed by atoms with Gasteiger partial charge in [-0.25, -0.2) is 4.79 Å².